The molecule has 1 saturated carbocycles. The molecule has 0 aromatic rings. The van der Waals surface area contributed by atoms with E-state index < -0.39 is 112 Å². The third kappa shape index (κ3) is 16.7. The van der Waals surface area contributed by atoms with Crippen LogP contribution in [0.1, 0.15) is 126 Å². The largest absolute Gasteiger partial charge is 0.460 e. The van der Waals surface area contributed by atoms with Gasteiger partial charge in [0.1, 0.15) is 36.2 Å². The first-order valence-electron chi connectivity index (χ1n) is 26.2. The Morgan fingerprint density at radius 2 is 1.59 bits per heavy atom. The summed E-state index contributed by atoms with van der Waals surface area (Å²) >= 11 is 0. The van der Waals surface area contributed by atoms with Crippen LogP contribution in [-0.4, -0.2) is 160 Å². The van der Waals surface area contributed by atoms with Crippen molar-refractivity contribution in [1.29, 1.82) is 0 Å². The molecule has 20 heteroatoms. The molecule has 2 amide bonds. The second kappa shape index (κ2) is 28.3. The van der Waals surface area contributed by atoms with E-state index in [1.807, 2.05) is 55.9 Å². The zero-order chi connectivity index (χ0) is 55.2. The molecule has 0 unspecified atom stereocenters. The fraction of sp³-hybridized carbons (Fsp3) is 0.741. The van der Waals surface area contributed by atoms with Crippen LogP contribution in [0.15, 0.2) is 47.6 Å². The number of amides is 2. The Morgan fingerprint density at radius 3 is 2.24 bits per heavy atom. The minimum atomic E-state index is -4.10. The maximum atomic E-state index is 14.5. The molecular weight excluding hydrogens is 979 g/mol. The van der Waals surface area contributed by atoms with E-state index in [1.54, 1.807) is 40.9 Å². The molecule has 4 rings (SSSR count). The number of nitrogens with zero attached hydrogens (tertiary/aromatic N) is 2. The standard InChI is InChI=1S/C54H85N3O16S/c1-32-18-14-13-15-19-33(2)44(68-10)30-40-23-21-38(7)54(65,73-40)50(61)51(62)57-25-17-16-20-41(57)52(63)71-45(31-42(58)34(3)27-37(6)48(60)49(70-12)47(59)36(5)26-32)35(4)28-39-22-24-43(46(29-39)69-11)72-53(64)55-74(66,67)56(8)9/h13-15,18-19,27,32,34-36,38-41,43-46,48-49,60,65H,16-17,20-26,28-31H2,1-12H3,(H,55,64)/b15-13+,18-14+,33-19+,37-27+/t32-,34-,35-,36-,38-,39+,40+,41+,43-,44+,45+,46-,48-,49+,54-/m1/s1. The van der Waals surface area contributed by atoms with Gasteiger partial charge in [0.2, 0.25) is 5.79 Å². The van der Waals surface area contributed by atoms with Gasteiger partial charge in [0, 0.05) is 72.6 Å². The van der Waals surface area contributed by atoms with Gasteiger partial charge in [-0.2, -0.15) is 12.7 Å². The number of aliphatic hydroxyl groups excluding tert-OH is 1. The molecule has 4 aliphatic rings. The first-order chi connectivity index (χ1) is 34.8. The van der Waals surface area contributed by atoms with Crippen LogP contribution in [0, 0.1) is 35.5 Å². The number of cyclic esters (lactones) is 1. The molecule has 19 nitrogen and oxygen atoms in total. The molecule has 3 fully saturated rings. The smallest absolute Gasteiger partial charge is 0.422 e. The molecule has 74 heavy (non-hydrogen) atoms. The first-order valence-corrected chi connectivity index (χ1v) is 27.6. The molecule has 1 aliphatic carbocycles. The van der Waals surface area contributed by atoms with Crippen LogP contribution < -0.4 is 4.72 Å². The Labute approximate surface area is 439 Å². The highest BCUT2D eigenvalue weighted by molar-refractivity contribution is 7.87. The Hall–Kier alpha value is -4.15. The summed E-state index contributed by atoms with van der Waals surface area (Å²) in [6, 6.07) is -1.22. The van der Waals surface area contributed by atoms with Crippen molar-refractivity contribution in [3.05, 3.63) is 47.6 Å². The zero-order valence-electron chi connectivity index (χ0n) is 45.7. The Bertz CT molecular complexity index is 2190. The number of carbonyl (C=O) groups excluding carboxylic acids is 6. The van der Waals surface area contributed by atoms with E-state index in [9.17, 15) is 47.4 Å². The van der Waals surface area contributed by atoms with Gasteiger partial charge in [0.05, 0.1) is 18.3 Å². The van der Waals surface area contributed by atoms with Crippen LogP contribution in [0.3, 0.4) is 0 Å². The van der Waals surface area contributed by atoms with Gasteiger partial charge in [-0.25, -0.2) is 14.3 Å². The fourth-order valence-corrected chi connectivity index (χ4v) is 11.0. The zero-order valence-corrected chi connectivity index (χ0v) is 46.5. The summed E-state index contributed by atoms with van der Waals surface area (Å²) in [5.74, 6) is -8.83. The van der Waals surface area contributed by atoms with Crippen LogP contribution in [0.25, 0.3) is 0 Å². The van der Waals surface area contributed by atoms with Gasteiger partial charge < -0.3 is 43.5 Å². The first kappa shape index (κ1) is 62.4. The van der Waals surface area contributed by atoms with E-state index in [0.717, 1.165) is 14.8 Å². The molecule has 0 aromatic carbocycles. The van der Waals surface area contributed by atoms with Gasteiger partial charge in [-0.15, -0.1) is 0 Å². The lowest BCUT2D eigenvalue weighted by atomic mass is 9.78. The Kier molecular flexibility index (Phi) is 23.9. The van der Waals surface area contributed by atoms with Crippen molar-refractivity contribution in [2.24, 2.45) is 35.5 Å². The topological polar surface area (TPSA) is 251 Å². The molecule has 418 valence electrons. The molecular formula is C54H85N3O16S. The predicted octanol–water partition coefficient (Wildman–Crippen LogP) is 5.72. The summed E-state index contributed by atoms with van der Waals surface area (Å²) in [6.07, 6.45) is 7.96. The lowest BCUT2D eigenvalue weighted by molar-refractivity contribution is -0.265. The van der Waals surface area contributed by atoms with Crippen molar-refractivity contribution in [2.75, 3.05) is 42.0 Å². The van der Waals surface area contributed by atoms with Crippen molar-refractivity contribution in [1.82, 2.24) is 13.9 Å². The van der Waals surface area contributed by atoms with Gasteiger partial charge in [0.25, 0.3) is 11.7 Å². The molecule has 15 atom stereocenters. The maximum absolute atomic E-state index is 14.5. The fourth-order valence-electron chi connectivity index (χ4n) is 10.6. The van der Waals surface area contributed by atoms with Gasteiger partial charge in [-0.3, -0.25) is 19.2 Å². The minimum Gasteiger partial charge on any atom is -0.460 e. The second-order valence-electron chi connectivity index (χ2n) is 21.4. The predicted molar refractivity (Wildman–Crippen MR) is 275 cm³/mol. The van der Waals surface area contributed by atoms with Gasteiger partial charge >= 0.3 is 22.3 Å². The summed E-state index contributed by atoms with van der Waals surface area (Å²) in [5, 5.41) is 23.5. The average Bonchev–Trinajstić information content (AvgIpc) is 3.35. The highest BCUT2D eigenvalue weighted by atomic mass is 32.2. The van der Waals surface area contributed by atoms with Crippen molar-refractivity contribution >= 4 is 45.5 Å². The highest BCUT2D eigenvalue weighted by Crippen LogP contribution is 2.38. The molecule has 2 saturated heterocycles. The lowest BCUT2D eigenvalue weighted by Crippen LogP contribution is -2.61. The van der Waals surface area contributed by atoms with Crippen LogP contribution in [0.2, 0.25) is 0 Å². The van der Waals surface area contributed by atoms with Crippen molar-refractivity contribution < 1.29 is 75.8 Å². The number of esters is 1. The van der Waals surface area contributed by atoms with Crippen LogP contribution in [0.5, 0.6) is 0 Å². The van der Waals surface area contributed by atoms with Crippen LogP contribution in [-0.2, 0) is 62.6 Å². The highest BCUT2D eigenvalue weighted by Gasteiger charge is 2.53. The number of piperidine rings is 1. The lowest BCUT2D eigenvalue weighted by Gasteiger charge is -2.42. The normalized spacial score (nSPS) is 37.1. The molecule has 0 aromatic heterocycles. The molecule has 0 radical (unpaired) electrons. The van der Waals surface area contributed by atoms with E-state index >= 15 is 0 Å². The van der Waals surface area contributed by atoms with E-state index in [1.165, 1.54) is 28.3 Å². The average molecular weight is 1060 g/mol. The monoisotopic (exact) mass is 1060 g/mol. The summed E-state index contributed by atoms with van der Waals surface area (Å²) in [6.45, 7) is 12.4. The minimum absolute atomic E-state index is 0.0142. The second-order valence-corrected chi connectivity index (χ2v) is 23.2. The number of nitrogens with one attached hydrogen (secondary N) is 1. The quantitative estimate of drug-likeness (QED) is 0.142. The summed E-state index contributed by atoms with van der Waals surface area (Å²) < 4.78 is 62.3. The molecule has 0 spiro atoms. The van der Waals surface area contributed by atoms with Crippen LogP contribution >= 0.6 is 0 Å². The number of methoxy groups -OCH3 is 3. The molecule has 2 bridgehead atoms. The Balaban J connectivity index is 1.68. The van der Waals surface area contributed by atoms with Crippen LogP contribution in [0.4, 0.5) is 4.79 Å². The Morgan fingerprint density at radius 1 is 0.892 bits per heavy atom. The number of allylic oxidation sites excluding steroid dienone is 6. The molecule has 3 N–H and O–H groups in total. The number of hydrogen-bond donors (Lipinski definition) is 3. The molecule has 3 aliphatic heterocycles. The van der Waals surface area contributed by atoms with E-state index in [0.29, 0.717) is 63.4 Å². The van der Waals surface area contributed by atoms with Crippen molar-refractivity contribution in [2.45, 2.75) is 180 Å². The van der Waals surface area contributed by atoms with Gasteiger partial charge in [-0.1, -0.05) is 71.1 Å². The van der Waals surface area contributed by atoms with E-state index in [-0.39, 0.29) is 49.2 Å². The summed E-state index contributed by atoms with van der Waals surface area (Å²) in [4.78, 5) is 85.0. The number of Topliss-reactive ketones (excluding diaryl/α,β-unsaturated/α-hetero) is 3. The van der Waals surface area contributed by atoms with Gasteiger partial charge in [-0.05, 0) is 107 Å². The number of fused-ring (bicyclic) bond motifs is 3. The van der Waals surface area contributed by atoms with E-state index in [4.69, 9.17) is 28.4 Å². The number of carbonyl (C=O) groups is 6. The SMILES string of the molecule is CO[C@H]1C[C@@H]2CC[C@@H](C)[C@@](O)(O2)C(=O)C(=O)N2CCCC[C@H]2C(=O)O[C@H]([C@H](C)C[C@@H]2CC[C@@H](OC(=O)NS(=O)(=O)N(C)C)[C@H](OC)C2)CC(=O)[C@H](C)/C=C(\C)[C@@H](O)[C@@H](OC)C(=O)[C@H](C)C[C@H](C)/C=C/C=C/C=C/1C. The third-order valence-corrected chi connectivity index (χ3v) is 16.8. The van der Waals surface area contributed by atoms with Crippen molar-refractivity contribution in [3.63, 3.8) is 0 Å². The number of hydrogen-bond acceptors (Lipinski definition) is 16. The van der Waals surface area contributed by atoms with Gasteiger partial charge in [0.15, 0.2) is 5.78 Å². The number of rotatable bonds is 9. The third-order valence-electron chi connectivity index (χ3n) is 15.4. The number of ketones is 3. The van der Waals surface area contributed by atoms with E-state index in [2.05, 4.69) is 0 Å². The maximum Gasteiger partial charge on any atom is 0.422 e. The number of aliphatic hydroxyl groups is 2. The number of ether oxygens (including phenoxy) is 6. The van der Waals surface area contributed by atoms with Crippen molar-refractivity contribution in [3.8, 4) is 0 Å². The summed E-state index contributed by atoms with van der Waals surface area (Å²) in [5.41, 5.74) is 1.19. The summed E-state index contributed by atoms with van der Waals surface area (Å²) in [7, 11) is 2.80. The molecule has 3 heterocycles.